The second kappa shape index (κ2) is 7.92. The molecular weight excluding hydrogens is 380 g/mol. The number of nitrogens with zero attached hydrogens (tertiary/aromatic N) is 4. The van der Waals surface area contributed by atoms with Gasteiger partial charge in [0.1, 0.15) is 13.1 Å². The van der Waals surface area contributed by atoms with Crippen LogP contribution < -0.4 is 10.5 Å². The van der Waals surface area contributed by atoms with E-state index in [2.05, 4.69) is 46.5 Å². The quantitative estimate of drug-likeness (QED) is 0.677. The summed E-state index contributed by atoms with van der Waals surface area (Å²) in [7, 11) is 0. The van der Waals surface area contributed by atoms with Crippen LogP contribution in [0.25, 0.3) is 10.9 Å². The molecule has 8 nitrogen and oxygen atoms in total. The smallest absolute Gasteiger partial charge is 0.258 e. The molecule has 1 aliphatic carbocycles. The van der Waals surface area contributed by atoms with E-state index < -0.39 is 0 Å². The Morgan fingerprint density at radius 2 is 1.97 bits per heavy atom. The summed E-state index contributed by atoms with van der Waals surface area (Å²) >= 11 is 0. The van der Waals surface area contributed by atoms with Crippen molar-refractivity contribution < 1.29 is 9.64 Å². The van der Waals surface area contributed by atoms with Gasteiger partial charge in [0, 0.05) is 0 Å². The number of rotatable bonds is 4. The minimum atomic E-state index is -0.209. The first kappa shape index (κ1) is 19.4. The average Bonchev–Trinajstić information content (AvgIpc) is 3.45. The monoisotopic (exact) mass is 409 g/mol. The number of ether oxygens (including phenoxy) is 1. The van der Waals surface area contributed by atoms with Gasteiger partial charge in [0.2, 0.25) is 5.82 Å². The zero-order chi connectivity index (χ0) is 20.7. The van der Waals surface area contributed by atoms with Crippen molar-refractivity contribution in [3.05, 3.63) is 51.1 Å². The Morgan fingerprint density at radius 3 is 2.73 bits per heavy atom. The number of pyridine rings is 1. The number of aromatic nitrogens is 5. The molecule has 3 aromatic rings. The molecular formula is C22H29N6O2+. The highest BCUT2D eigenvalue weighted by atomic mass is 16.5. The van der Waals surface area contributed by atoms with Gasteiger partial charge in [-0.2, -0.15) is 0 Å². The number of benzene rings is 1. The fraction of sp³-hybridized carbons (Fsp3) is 0.545. The maximum Gasteiger partial charge on any atom is 0.258 e. The average molecular weight is 410 g/mol. The van der Waals surface area contributed by atoms with Gasteiger partial charge in [-0.3, -0.25) is 4.79 Å². The fourth-order valence-electron chi connectivity index (χ4n) is 5.02. The summed E-state index contributed by atoms with van der Waals surface area (Å²) in [6.45, 7) is 7.14. The van der Waals surface area contributed by atoms with Crippen LogP contribution in [-0.4, -0.2) is 51.5 Å². The summed E-state index contributed by atoms with van der Waals surface area (Å²) in [5.74, 6) is 0.799. The van der Waals surface area contributed by atoms with Crippen LogP contribution >= 0.6 is 0 Å². The van der Waals surface area contributed by atoms with E-state index in [0.29, 0.717) is 19.3 Å². The standard InChI is InChI=1S/C22H28N6O2/c1-14-7-8-16-13-18(22(29)23-19(16)15(14)2)20(27-9-11-30-12-10-27)21-24-25-26-28(21)17-5-3-4-6-17/h7-8,13,17,20H,3-6,9-12H2,1-2H3,(H,23,29)/p+1/t20-/m1/s1. The van der Waals surface area contributed by atoms with E-state index in [0.717, 1.165) is 53.8 Å². The van der Waals surface area contributed by atoms with E-state index in [1.165, 1.54) is 23.3 Å². The summed E-state index contributed by atoms with van der Waals surface area (Å²) in [5, 5.41) is 13.9. The largest absolute Gasteiger partial charge is 0.370 e. The van der Waals surface area contributed by atoms with Crippen LogP contribution in [0.2, 0.25) is 0 Å². The molecule has 30 heavy (non-hydrogen) atoms. The highest BCUT2D eigenvalue weighted by Crippen LogP contribution is 2.31. The molecule has 0 radical (unpaired) electrons. The molecule has 1 aromatic carbocycles. The third kappa shape index (κ3) is 3.33. The minimum Gasteiger partial charge on any atom is -0.370 e. The van der Waals surface area contributed by atoms with Gasteiger partial charge in [0.05, 0.1) is 30.3 Å². The lowest BCUT2D eigenvalue weighted by molar-refractivity contribution is -0.933. The molecule has 1 atom stereocenters. The van der Waals surface area contributed by atoms with E-state index in [9.17, 15) is 4.79 Å². The van der Waals surface area contributed by atoms with Crippen molar-refractivity contribution in [2.45, 2.75) is 51.6 Å². The Hall–Kier alpha value is -2.58. The van der Waals surface area contributed by atoms with Crippen molar-refractivity contribution in [1.82, 2.24) is 25.2 Å². The number of H-pyrrole nitrogens is 1. The van der Waals surface area contributed by atoms with Gasteiger partial charge < -0.3 is 14.6 Å². The molecule has 8 heteroatoms. The first-order valence-corrected chi connectivity index (χ1v) is 11.0. The number of morpholine rings is 1. The predicted molar refractivity (Wildman–Crippen MR) is 113 cm³/mol. The molecule has 2 aliphatic rings. The molecule has 158 valence electrons. The van der Waals surface area contributed by atoms with Crippen molar-refractivity contribution in [3.63, 3.8) is 0 Å². The second-order valence-electron chi connectivity index (χ2n) is 8.65. The number of nitrogens with one attached hydrogen (secondary N) is 2. The molecule has 0 bridgehead atoms. The molecule has 0 unspecified atom stereocenters. The Balaban J connectivity index is 1.66. The fourth-order valence-corrected chi connectivity index (χ4v) is 5.02. The van der Waals surface area contributed by atoms with Crippen LogP contribution in [0.4, 0.5) is 0 Å². The summed E-state index contributed by atoms with van der Waals surface area (Å²) in [4.78, 5) is 17.8. The Kier molecular flexibility index (Phi) is 5.12. The number of fused-ring (bicyclic) bond motifs is 1. The van der Waals surface area contributed by atoms with Gasteiger partial charge in [0.25, 0.3) is 5.56 Å². The summed E-state index contributed by atoms with van der Waals surface area (Å²) in [5.41, 5.74) is 3.88. The molecule has 0 spiro atoms. The second-order valence-corrected chi connectivity index (χ2v) is 8.65. The van der Waals surface area contributed by atoms with Crippen LogP contribution in [0.1, 0.15) is 60.3 Å². The molecule has 1 saturated heterocycles. The number of hydrogen-bond donors (Lipinski definition) is 2. The molecule has 2 fully saturated rings. The SMILES string of the molecule is Cc1ccc2cc([C@H](c3nnnn3C3CCCC3)[NH+]3CCOCC3)c(=O)[nH]c2c1C. The zero-order valence-electron chi connectivity index (χ0n) is 17.6. The van der Waals surface area contributed by atoms with Gasteiger partial charge in [-0.15, -0.1) is 5.10 Å². The lowest BCUT2D eigenvalue weighted by Gasteiger charge is -2.31. The first-order chi connectivity index (χ1) is 14.6. The normalized spacial score (nSPS) is 19.5. The van der Waals surface area contributed by atoms with Gasteiger partial charge in [-0.1, -0.05) is 25.0 Å². The maximum atomic E-state index is 13.3. The van der Waals surface area contributed by atoms with Crippen molar-refractivity contribution in [1.29, 1.82) is 0 Å². The molecule has 2 N–H and O–H groups in total. The first-order valence-electron chi connectivity index (χ1n) is 11.0. The van der Waals surface area contributed by atoms with E-state index in [-0.39, 0.29) is 11.6 Å². The number of hydrogen-bond acceptors (Lipinski definition) is 5. The lowest BCUT2D eigenvalue weighted by atomic mass is 10.00. The van der Waals surface area contributed by atoms with Crippen LogP contribution in [0, 0.1) is 13.8 Å². The van der Waals surface area contributed by atoms with Crippen LogP contribution in [0.15, 0.2) is 23.0 Å². The number of aromatic amines is 1. The van der Waals surface area contributed by atoms with E-state index in [1.54, 1.807) is 0 Å². The maximum absolute atomic E-state index is 13.3. The van der Waals surface area contributed by atoms with E-state index in [1.807, 2.05) is 10.7 Å². The van der Waals surface area contributed by atoms with Gasteiger partial charge in [-0.25, -0.2) is 4.68 Å². The zero-order valence-corrected chi connectivity index (χ0v) is 17.6. The molecule has 0 amide bonds. The summed E-state index contributed by atoms with van der Waals surface area (Å²) in [6, 6.07) is 6.35. The highest BCUT2D eigenvalue weighted by Gasteiger charge is 2.37. The van der Waals surface area contributed by atoms with Crippen LogP contribution in [-0.2, 0) is 4.74 Å². The molecule has 2 aromatic heterocycles. The summed E-state index contributed by atoms with van der Waals surface area (Å²) in [6.07, 6.45) is 4.59. The van der Waals surface area contributed by atoms with Gasteiger partial charge >= 0.3 is 0 Å². The number of aryl methyl sites for hydroxylation is 2. The highest BCUT2D eigenvalue weighted by molar-refractivity contribution is 5.83. The van der Waals surface area contributed by atoms with Crippen LogP contribution in [0.5, 0.6) is 0 Å². The molecule has 1 saturated carbocycles. The third-order valence-corrected chi connectivity index (χ3v) is 6.88. The molecule has 1 aliphatic heterocycles. The lowest BCUT2D eigenvalue weighted by Crippen LogP contribution is -3.14. The Bertz CT molecular complexity index is 1110. The number of quaternary nitrogens is 1. The molecule has 5 rings (SSSR count). The van der Waals surface area contributed by atoms with Crippen molar-refractivity contribution in [2.24, 2.45) is 0 Å². The van der Waals surface area contributed by atoms with Crippen molar-refractivity contribution in [2.75, 3.05) is 26.3 Å². The topological polar surface area (TPSA) is 90.1 Å². The third-order valence-electron chi connectivity index (χ3n) is 6.88. The van der Waals surface area contributed by atoms with Crippen molar-refractivity contribution in [3.8, 4) is 0 Å². The molecule has 3 heterocycles. The van der Waals surface area contributed by atoms with Gasteiger partial charge in [0.15, 0.2) is 6.04 Å². The van der Waals surface area contributed by atoms with Gasteiger partial charge in [-0.05, 0) is 59.7 Å². The minimum absolute atomic E-state index is 0.0545. The van der Waals surface area contributed by atoms with E-state index in [4.69, 9.17) is 4.74 Å². The predicted octanol–water partition coefficient (Wildman–Crippen LogP) is 1.25. The Morgan fingerprint density at radius 1 is 1.20 bits per heavy atom. The van der Waals surface area contributed by atoms with Crippen LogP contribution in [0.3, 0.4) is 0 Å². The summed E-state index contributed by atoms with van der Waals surface area (Å²) < 4.78 is 7.59. The van der Waals surface area contributed by atoms with E-state index >= 15 is 0 Å². The Labute approximate surface area is 175 Å². The van der Waals surface area contributed by atoms with Crippen molar-refractivity contribution >= 4 is 10.9 Å². The number of tetrazole rings is 1.